The van der Waals surface area contributed by atoms with Crippen molar-refractivity contribution in [3.05, 3.63) is 36.0 Å². The molecule has 1 fully saturated rings. The summed E-state index contributed by atoms with van der Waals surface area (Å²) < 4.78 is 0. The van der Waals surface area contributed by atoms with E-state index in [2.05, 4.69) is 29.4 Å². The van der Waals surface area contributed by atoms with Crippen molar-refractivity contribution in [3.63, 3.8) is 0 Å². The normalized spacial score (nSPS) is 22.1. The summed E-state index contributed by atoms with van der Waals surface area (Å²) in [6.07, 6.45) is 3.98. The van der Waals surface area contributed by atoms with Gasteiger partial charge in [0.1, 0.15) is 0 Å². The summed E-state index contributed by atoms with van der Waals surface area (Å²) >= 11 is 0. The number of nitrogens with one attached hydrogen (secondary N) is 2. The van der Waals surface area contributed by atoms with E-state index < -0.39 is 0 Å². The van der Waals surface area contributed by atoms with Crippen LogP contribution in [-0.2, 0) is 11.2 Å². The molecule has 1 aromatic heterocycles. The third-order valence-corrected chi connectivity index (χ3v) is 3.81. The van der Waals surface area contributed by atoms with Crippen LogP contribution in [0.15, 0.2) is 30.5 Å². The molecule has 0 spiro atoms. The highest BCUT2D eigenvalue weighted by Crippen LogP contribution is 2.37. The molecule has 3 heteroatoms. The minimum atomic E-state index is 0.224. The van der Waals surface area contributed by atoms with Crippen LogP contribution >= 0.6 is 0 Å². The number of rotatable bonds is 4. The van der Waals surface area contributed by atoms with Crippen molar-refractivity contribution in [2.75, 3.05) is 6.54 Å². The van der Waals surface area contributed by atoms with Crippen molar-refractivity contribution in [2.24, 2.45) is 11.8 Å². The molecule has 3 rings (SSSR count). The summed E-state index contributed by atoms with van der Waals surface area (Å²) in [5.74, 6) is 1.08. The maximum absolute atomic E-state index is 11.7. The van der Waals surface area contributed by atoms with Crippen molar-refractivity contribution in [2.45, 2.75) is 19.8 Å². The van der Waals surface area contributed by atoms with Gasteiger partial charge in [-0.25, -0.2) is 0 Å². The van der Waals surface area contributed by atoms with Crippen LogP contribution in [0.2, 0.25) is 0 Å². The minimum absolute atomic E-state index is 0.224. The predicted octanol–water partition coefficient (Wildman–Crippen LogP) is 2.48. The first-order valence-electron chi connectivity index (χ1n) is 6.58. The summed E-state index contributed by atoms with van der Waals surface area (Å²) in [6.45, 7) is 2.85. The second-order valence-electron chi connectivity index (χ2n) is 5.22. The molecule has 1 aliphatic carbocycles. The van der Waals surface area contributed by atoms with E-state index in [1.165, 1.54) is 10.9 Å². The van der Waals surface area contributed by atoms with Gasteiger partial charge in [0.25, 0.3) is 0 Å². The van der Waals surface area contributed by atoms with Gasteiger partial charge in [0, 0.05) is 29.6 Å². The number of carbonyl (C=O) groups is 1. The lowest BCUT2D eigenvalue weighted by molar-refractivity contribution is -0.122. The molecule has 0 aliphatic heterocycles. The average Bonchev–Trinajstić information content (AvgIpc) is 2.98. The van der Waals surface area contributed by atoms with Gasteiger partial charge < -0.3 is 10.3 Å². The Morgan fingerprint density at radius 3 is 3.00 bits per heavy atom. The summed E-state index contributed by atoms with van der Waals surface area (Å²) in [4.78, 5) is 14.9. The lowest BCUT2D eigenvalue weighted by Gasteiger charge is -2.03. The fourth-order valence-corrected chi connectivity index (χ4v) is 2.48. The zero-order valence-electron chi connectivity index (χ0n) is 10.6. The Hall–Kier alpha value is -1.77. The lowest BCUT2D eigenvalue weighted by atomic mass is 10.1. The molecule has 0 radical (unpaired) electrons. The van der Waals surface area contributed by atoms with Gasteiger partial charge in [0.05, 0.1) is 0 Å². The van der Waals surface area contributed by atoms with Crippen LogP contribution in [0.3, 0.4) is 0 Å². The number of aromatic amines is 1. The average molecular weight is 242 g/mol. The number of hydrogen-bond donors (Lipinski definition) is 2. The van der Waals surface area contributed by atoms with E-state index in [-0.39, 0.29) is 11.8 Å². The molecule has 18 heavy (non-hydrogen) atoms. The maximum atomic E-state index is 11.7. The van der Waals surface area contributed by atoms with Gasteiger partial charge in [0.2, 0.25) is 5.91 Å². The molecule has 1 amide bonds. The Morgan fingerprint density at radius 2 is 2.22 bits per heavy atom. The Kier molecular flexibility index (Phi) is 2.82. The second kappa shape index (κ2) is 4.48. The molecule has 94 valence electrons. The lowest BCUT2D eigenvalue weighted by Crippen LogP contribution is -2.27. The summed E-state index contributed by atoms with van der Waals surface area (Å²) in [7, 11) is 0. The number of amides is 1. The van der Waals surface area contributed by atoms with Crippen molar-refractivity contribution in [1.82, 2.24) is 10.3 Å². The standard InChI is InChI=1S/C15H18N2O/c1-10-8-13(10)15(18)16-7-6-11-9-17-14-5-3-2-4-12(11)14/h2-5,9-10,13,17H,6-8H2,1H3,(H,16,18)/t10-,13-/m0/s1. The summed E-state index contributed by atoms with van der Waals surface area (Å²) in [6, 6.07) is 8.26. The van der Waals surface area contributed by atoms with Gasteiger partial charge in [-0.3, -0.25) is 4.79 Å². The van der Waals surface area contributed by atoms with Crippen molar-refractivity contribution in [3.8, 4) is 0 Å². The molecule has 1 heterocycles. The monoisotopic (exact) mass is 242 g/mol. The van der Waals surface area contributed by atoms with E-state index in [4.69, 9.17) is 0 Å². The summed E-state index contributed by atoms with van der Waals surface area (Å²) in [5.41, 5.74) is 2.43. The van der Waals surface area contributed by atoms with Crippen LogP contribution < -0.4 is 5.32 Å². The van der Waals surface area contributed by atoms with E-state index >= 15 is 0 Å². The van der Waals surface area contributed by atoms with E-state index in [1.54, 1.807) is 0 Å². The van der Waals surface area contributed by atoms with Crippen LogP contribution in [0.1, 0.15) is 18.9 Å². The second-order valence-corrected chi connectivity index (χ2v) is 5.22. The number of fused-ring (bicyclic) bond motifs is 1. The highest BCUT2D eigenvalue weighted by Gasteiger charge is 2.38. The summed E-state index contributed by atoms with van der Waals surface area (Å²) in [5, 5.41) is 4.28. The smallest absolute Gasteiger partial charge is 0.223 e. The predicted molar refractivity (Wildman–Crippen MR) is 72.3 cm³/mol. The van der Waals surface area contributed by atoms with Gasteiger partial charge in [-0.1, -0.05) is 25.1 Å². The van der Waals surface area contributed by atoms with Crippen LogP contribution in [0.25, 0.3) is 10.9 Å². The largest absolute Gasteiger partial charge is 0.361 e. The van der Waals surface area contributed by atoms with Crippen LogP contribution in [0.5, 0.6) is 0 Å². The first-order valence-corrected chi connectivity index (χ1v) is 6.58. The van der Waals surface area contributed by atoms with Crippen LogP contribution in [-0.4, -0.2) is 17.4 Å². The molecule has 2 atom stereocenters. The van der Waals surface area contributed by atoms with Gasteiger partial charge in [-0.05, 0) is 30.4 Å². The quantitative estimate of drug-likeness (QED) is 0.850. The third kappa shape index (κ3) is 2.13. The third-order valence-electron chi connectivity index (χ3n) is 3.81. The van der Waals surface area contributed by atoms with Gasteiger partial charge >= 0.3 is 0 Å². The van der Waals surface area contributed by atoms with Crippen LogP contribution in [0.4, 0.5) is 0 Å². The Bertz CT molecular complexity index is 573. The molecule has 1 aromatic carbocycles. The number of carbonyl (C=O) groups excluding carboxylic acids is 1. The van der Waals surface area contributed by atoms with Gasteiger partial charge in [-0.2, -0.15) is 0 Å². The van der Waals surface area contributed by atoms with E-state index in [9.17, 15) is 4.79 Å². The van der Waals surface area contributed by atoms with Gasteiger partial charge in [-0.15, -0.1) is 0 Å². The molecule has 2 aromatic rings. The van der Waals surface area contributed by atoms with E-state index in [0.717, 1.165) is 24.9 Å². The number of benzene rings is 1. The zero-order chi connectivity index (χ0) is 12.5. The number of aromatic nitrogens is 1. The minimum Gasteiger partial charge on any atom is -0.361 e. The highest BCUT2D eigenvalue weighted by molar-refractivity contribution is 5.83. The molecule has 1 saturated carbocycles. The highest BCUT2D eigenvalue weighted by atomic mass is 16.2. The SMILES string of the molecule is C[C@H]1C[C@@H]1C(=O)NCCc1c[nH]c2ccccc12. The van der Waals surface area contributed by atoms with Crippen LogP contribution in [0, 0.1) is 11.8 Å². The first kappa shape index (κ1) is 11.3. The Morgan fingerprint density at radius 1 is 1.44 bits per heavy atom. The fourth-order valence-electron chi connectivity index (χ4n) is 2.48. The topological polar surface area (TPSA) is 44.9 Å². The molecule has 3 nitrogen and oxygen atoms in total. The van der Waals surface area contributed by atoms with Crippen molar-refractivity contribution in [1.29, 1.82) is 0 Å². The maximum Gasteiger partial charge on any atom is 0.223 e. The van der Waals surface area contributed by atoms with Crippen molar-refractivity contribution >= 4 is 16.8 Å². The number of para-hydroxylation sites is 1. The number of H-pyrrole nitrogens is 1. The molecular formula is C15H18N2O. The molecule has 2 N–H and O–H groups in total. The molecule has 0 bridgehead atoms. The molecule has 1 aliphatic rings. The molecule has 0 unspecified atom stereocenters. The Labute approximate surface area is 107 Å². The zero-order valence-corrected chi connectivity index (χ0v) is 10.6. The number of hydrogen-bond acceptors (Lipinski definition) is 1. The van der Waals surface area contributed by atoms with Crippen molar-refractivity contribution < 1.29 is 4.79 Å². The fraction of sp³-hybridized carbons (Fsp3) is 0.400. The van der Waals surface area contributed by atoms with E-state index in [1.807, 2.05) is 18.3 Å². The van der Waals surface area contributed by atoms with Gasteiger partial charge in [0.15, 0.2) is 0 Å². The first-order chi connectivity index (χ1) is 8.75. The molecule has 0 saturated heterocycles. The Balaban J connectivity index is 1.58. The van der Waals surface area contributed by atoms with E-state index in [0.29, 0.717) is 5.92 Å². The molecular weight excluding hydrogens is 224 g/mol.